The van der Waals surface area contributed by atoms with Crippen LogP contribution in [0, 0.1) is 5.92 Å². The summed E-state index contributed by atoms with van der Waals surface area (Å²) in [5.74, 6) is -16.0. The molecule has 42 heteroatoms. The maximum Gasteiger partial charge on any atom is 0.261 e. The van der Waals surface area contributed by atoms with Crippen LogP contribution in [0.25, 0.3) is 11.1 Å². The molecule has 0 unspecified atom stereocenters. The quantitative estimate of drug-likeness (QED) is 0.0363. The number of amides is 9. The van der Waals surface area contributed by atoms with E-state index in [4.69, 9.17) is 80.6 Å². The van der Waals surface area contributed by atoms with Crippen molar-refractivity contribution in [3.63, 3.8) is 0 Å². The van der Waals surface area contributed by atoms with Crippen LogP contribution in [0.4, 0.5) is 5.69 Å². The van der Waals surface area contributed by atoms with E-state index in [1.54, 1.807) is 13.0 Å². The highest BCUT2D eigenvalue weighted by Gasteiger charge is 2.52. The van der Waals surface area contributed by atoms with Crippen LogP contribution in [-0.2, 0) is 59.1 Å². The van der Waals surface area contributed by atoms with Crippen molar-refractivity contribution in [2.45, 2.75) is 163 Å². The van der Waals surface area contributed by atoms with E-state index >= 15 is 24.0 Å². The zero-order valence-corrected chi connectivity index (χ0v) is 69.0. The Morgan fingerprint density at radius 3 is 1.97 bits per heavy atom. The standard InChI is InChI=1S/C81H89Cl4N13O25/c1-32(2)14-48(87-5)73(111)96-63-65(105)36-7-10-52(46(84)17-36)119-54-19-38-20-55(69(54)123-80-70(68(108)67(107)56(31-100)121-80)122-58-27-81(4,71(109)33(3)118-58)89-29-34-15-39(30-88-28-34)72(110)91-42-22-40(82)21-41(83)23-42)120-53-11-8-37(18-47(53)85)66(106)64-78(116)95-62(79(117)98-90-12-13-99)45-24-43(101)25-51(103)59(45)44-16-35(6-9-50(44)102)60(75(113)97-64)94-76(114)61(38)93-74(112)49(26-57(86)104)92-77(63)115/h6-11,15-25,28,30,32-33,48-49,56,58,60-68,70-71,80,87,89-90,99-103,105-109H,12-14,26-27,29,31H2,1-5H3,(H2,86,104)(H,91,110)(H,92,115)(H,93,112)(H,94,114)(H,95,116)(H,96,111)(H,97,113)(H,98,117)/t33-,48+,49-,56+,58-,60+,61+,62+,63+,64-,65+,66+,67+,68-,70+,71+,80-,81-/m0/s1. The lowest BCUT2D eigenvalue weighted by Crippen LogP contribution is -2.65. The van der Waals surface area contributed by atoms with E-state index in [9.17, 15) is 70.2 Å². The zero-order chi connectivity index (χ0) is 88.9. The van der Waals surface area contributed by atoms with Crippen LogP contribution >= 0.6 is 46.4 Å². The molecule has 656 valence electrons. The number of phenols is 3. The lowest BCUT2D eigenvalue weighted by Gasteiger charge is -2.48. The number of carbonyl (C=O) groups excluding carboxylic acids is 9. The molecule has 38 nitrogen and oxygen atoms in total. The number of nitrogens with two attached hydrogens (primary N) is 1. The van der Waals surface area contributed by atoms with Crippen molar-refractivity contribution >= 4 is 105 Å². The summed E-state index contributed by atoms with van der Waals surface area (Å²) in [6, 6.07) is 5.54. The zero-order valence-electron chi connectivity index (χ0n) is 65.9. The summed E-state index contributed by atoms with van der Waals surface area (Å²) in [6.07, 6.45) is -16.6. The number of aliphatic hydroxyl groups is 7. The summed E-state index contributed by atoms with van der Waals surface area (Å²) in [4.78, 5) is 138. The van der Waals surface area contributed by atoms with Gasteiger partial charge < -0.3 is 133 Å². The lowest BCUT2D eigenvalue weighted by atomic mass is 9.84. The second-order valence-electron chi connectivity index (χ2n) is 30.5. The second kappa shape index (κ2) is 38.9. The number of ether oxygens (including phenoxy) is 6. The highest BCUT2D eigenvalue weighted by Crippen LogP contribution is 2.50. The number of aromatic hydroxyl groups is 3. The number of hydrazine groups is 1. The van der Waals surface area contributed by atoms with Crippen LogP contribution in [0.15, 0.2) is 116 Å². The molecule has 8 heterocycles. The summed E-state index contributed by atoms with van der Waals surface area (Å²) in [5.41, 5.74) is 7.32. The summed E-state index contributed by atoms with van der Waals surface area (Å²) < 4.78 is 39.5. The predicted molar refractivity (Wildman–Crippen MR) is 436 cm³/mol. The van der Waals surface area contributed by atoms with E-state index in [0.29, 0.717) is 11.3 Å². The van der Waals surface area contributed by atoms with Crippen molar-refractivity contribution in [3.8, 4) is 57.1 Å². The first-order valence-corrected chi connectivity index (χ1v) is 40.0. The minimum atomic E-state index is -2.39. The molecule has 7 aliphatic heterocycles. The molecule has 7 aromatic rings. The molecule has 14 rings (SSSR count). The first-order valence-electron chi connectivity index (χ1n) is 38.5. The number of hydrogen-bond acceptors (Lipinski definition) is 29. The molecule has 2 fully saturated rings. The van der Waals surface area contributed by atoms with E-state index in [1.165, 1.54) is 56.7 Å². The summed E-state index contributed by atoms with van der Waals surface area (Å²) >= 11 is 26.7. The van der Waals surface area contributed by atoms with E-state index in [2.05, 4.69) is 63.7 Å². The fourth-order valence-corrected chi connectivity index (χ4v) is 15.8. The van der Waals surface area contributed by atoms with Gasteiger partial charge in [0, 0.05) is 70.4 Å². The maximum absolute atomic E-state index is 16.3. The summed E-state index contributed by atoms with van der Waals surface area (Å²) in [7, 11) is 1.47. The van der Waals surface area contributed by atoms with Crippen LogP contribution in [0.1, 0.15) is 121 Å². The highest BCUT2D eigenvalue weighted by molar-refractivity contribution is 6.35. The number of carbonyl (C=O) groups is 9. The number of pyridine rings is 1. The number of rotatable bonds is 21. The highest BCUT2D eigenvalue weighted by atomic mass is 35.5. The Morgan fingerprint density at radius 1 is 0.691 bits per heavy atom. The first-order chi connectivity index (χ1) is 58.4. The molecule has 1 aromatic heterocycles. The molecule has 0 saturated carbocycles. The molecule has 9 amide bonds. The number of fused-ring (bicyclic) bond motifs is 15. The van der Waals surface area contributed by atoms with Gasteiger partial charge in [-0.25, -0.2) is 5.43 Å². The number of phenolic OH excluding ortho intramolecular Hbond substituents is 3. The van der Waals surface area contributed by atoms with E-state index in [1.807, 2.05) is 13.8 Å². The maximum atomic E-state index is 16.3. The van der Waals surface area contributed by atoms with Crippen LogP contribution in [0.5, 0.6) is 46.0 Å². The number of aromatic nitrogens is 1. The molecule has 11 bridgehead atoms. The number of aliphatic hydroxyl groups excluding tert-OH is 7. The fourth-order valence-electron chi connectivity index (χ4n) is 14.8. The Bertz CT molecular complexity index is 5200. The van der Waals surface area contributed by atoms with Gasteiger partial charge in [-0.1, -0.05) is 78.5 Å². The number of hydrogen-bond donors (Lipinski definition) is 22. The van der Waals surface area contributed by atoms with Crippen molar-refractivity contribution < 1.29 is 123 Å². The van der Waals surface area contributed by atoms with Crippen LogP contribution in [0.3, 0.4) is 0 Å². The van der Waals surface area contributed by atoms with Gasteiger partial charge in [0.2, 0.25) is 53.4 Å². The van der Waals surface area contributed by atoms with Crippen molar-refractivity contribution in [1.82, 2.24) is 58.4 Å². The Kier molecular flexibility index (Phi) is 28.9. The topological polar surface area (TPSA) is 583 Å². The van der Waals surface area contributed by atoms with E-state index < -0.39 is 255 Å². The molecule has 0 radical (unpaired) electrons. The monoisotopic (exact) mass is 1780 g/mol. The minimum Gasteiger partial charge on any atom is -0.508 e. The van der Waals surface area contributed by atoms with Crippen LogP contribution in [-0.4, -0.2) is 215 Å². The Hall–Kier alpha value is -10.9. The number of benzene rings is 6. The second-order valence-corrected chi connectivity index (χ2v) is 32.2. The third kappa shape index (κ3) is 20.8. The van der Waals surface area contributed by atoms with Crippen molar-refractivity contribution in [2.75, 3.05) is 32.1 Å². The van der Waals surface area contributed by atoms with Crippen molar-refractivity contribution in [1.29, 1.82) is 0 Å². The molecule has 123 heavy (non-hydrogen) atoms. The normalized spacial score (nSPS) is 26.2. The SMILES string of the molecule is CN[C@H](CC(C)C)C(=O)N[C@H]1C(=O)N[C@@H](CC(N)=O)C(=O)N[C@H]2C(=O)N[C@H]3C(=O)N[C@H](C(=O)N[C@@H](C(=O)NNCCO)c4cc(O)cc(O)c4-c4cc3ccc4O)[C@H](O)c3ccc(c(Cl)c3)Oc3cc2cc(c3O[C@@H]2O[C@H](CO)[C@@H](O)[C@H](O)[C@H]2O[C@H]2C[C@](C)(NCc3cncc(C(=O)Nc4cc(Cl)cc(Cl)c4)c3)[C@H](O)[C@H](C)O2)Oc2ccc(cc2Cl)[C@H]1O. The molecule has 7 aliphatic rings. The number of anilines is 1. The van der Waals surface area contributed by atoms with Crippen molar-refractivity contribution in [2.24, 2.45) is 11.7 Å². The number of primary amides is 1. The molecular weight excluding hydrogens is 1700 g/mol. The van der Waals surface area contributed by atoms with E-state index in [0.717, 1.165) is 66.7 Å². The van der Waals surface area contributed by atoms with E-state index in [-0.39, 0.29) is 69.9 Å². The van der Waals surface area contributed by atoms with Gasteiger partial charge in [0.05, 0.1) is 53.5 Å². The van der Waals surface area contributed by atoms with Gasteiger partial charge in [0.25, 0.3) is 11.8 Å². The number of nitrogens with zero attached hydrogens (tertiary/aromatic N) is 1. The smallest absolute Gasteiger partial charge is 0.261 e. The Labute approximate surface area is 720 Å². The first kappa shape index (κ1) is 91.3. The Morgan fingerprint density at radius 2 is 1.33 bits per heavy atom. The largest absolute Gasteiger partial charge is 0.508 e. The number of halogens is 4. The molecular formula is C81H89Cl4N13O25. The third-order valence-corrected chi connectivity index (χ3v) is 22.1. The van der Waals surface area contributed by atoms with Gasteiger partial charge in [-0.3, -0.25) is 53.6 Å². The molecule has 0 aliphatic carbocycles. The molecule has 0 spiro atoms. The number of nitrogens with one attached hydrogen (secondary N) is 11. The predicted octanol–water partition coefficient (Wildman–Crippen LogP) is 2.42. The molecule has 6 aromatic carbocycles. The average Bonchev–Trinajstić information content (AvgIpc) is 0.763. The number of likely N-dealkylation sites (N-methyl/N-ethyl adjacent to an activating group) is 1. The van der Waals surface area contributed by atoms with Crippen molar-refractivity contribution in [3.05, 3.63) is 175 Å². The average molecular weight is 1790 g/mol. The Balaban J connectivity index is 1.03. The minimum absolute atomic E-state index is 0.0507. The third-order valence-electron chi connectivity index (χ3n) is 21.1. The van der Waals surface area contributed by atoms with Crippen LogP contribution < -0.4 is 78.6 Å². The summed E-state index contributed by atoms with van der Waals surface area (Å²) in [5, 5.41) is 140. The van der Waals surface area contributed by atoms with Crippen LogP contribution in [0.2, 0.25) is 20.1 Å². The van der Waals surface area contributed by atoms with Gasteiger partial charge in [-0.15, -0.1) is 0 Å². The van der Waals surface area contributed by atoms with Gasteiger partial charge in [-0.05, 0) is 145 Å². The summed E-state index contributed by atoms with van der Waals surface area (Å²) in [6.45, 7) is 4.89. The molecule has 23 N–H and O–H groups in total. The van der Waals surface area contributed by atoms with Gasteiger partial charge in [-0.2, -0.15) is 0 Å². The van der Waals surface area contributed by atoms with Gasteiger partial charge in [0.1, 0.15) is 95.5 Å². The molecule has 2 saturated heterocycles. The lowest BCUT2D eigenvalue weighted by molar-refractivity contribution is -0.334. The fraction of sp³-hybridized carbons (Fsp3) is 0.383. The molecule has 18 atom stereocenters. The van der Waals surface area contributed by atoms with Gasteiger partial charge >= 0.3 is 0 Å². The van der Waals surface area contributed by atoms with Gasteiger partial charge in [0.15, 0.2) is 23.9 Å².